The Morgan fingerprint density at radius 1 is 0.500 bits per heavy atom. The van der Waals surface area contributed by atoms with Gasteiger partial charge in [-0.05, 0) is 11.1 Å². The van der Waals surface area contributed by atoms with Crippen LogP contribution in [0.5, 0.6) is 0 Å². The summed E-state index contributed by atoms with van der Waals surface area (Å²) in [6, 6.07) is 49.9. The van der Waals surface area contributed by atoms with Crippen LogP contribution in [0.25, 0.3) is 33.7 Å². The van der Waals surface area contributed by atoms with Crippen LogP contribution >= 0.6 is 0 Å². The van der Waals surface area contributed by atoms with Crippen LogP contribution in [0.15, 0.2) is 158 Å². The summed E-state index contributed by atoms with van der Waals surface area (Å²) in [6.07, 6.45) is 9.50. The molecule has 0 spiro atoms. The predicted molar refractivity (Wildman–Crippen MR) is 174 cm³/mol. The topological polar surface area (TPSA) is 58.2 Å². The van der Waals surface area contributed by atoms with Gasteiger partial charge in [0.15, 0.2) is 0 Å². The van der Waals surface area contributed by atoms with Gasteiger partial charge in [-0.15, -0.1) is 59.3 Å². The minimum Gasteiger partial charge on any atom is -0.168 e. The van der Waals surface area contributed by atoms with Crippen LogP contribution in [-0.4, -0.2) is 36.3 Å². The fraction of sp³-hybridized carbons (Fsp3) is 0. The number of carbonyl (C=O) groups excluding carboxylic acids is 2. The Morgan fingerprint density at radius 2 is 0.881 bits per heavy atom. The van der Waals surface area contributed by atoms with Crippen LogP contribution < -0.4 is 6.61 Å². The number of carbonyl (C=O) groups is 2. The van der Waals surface area contributed by atoms with E-state index < -0.39 is 23.5 Å². The van der Waals surface area contributed by atoms with Crippen molar-refractivity contribution in [2.75, 3.05) is 0 Å². The number of hydrogen-bond donors (Lipinski definition) is 2. The average Bonchev–Trinajstić information content (AvgIpc) is 3.72. The van der Waals surface area contributed by atoms with Gasteiger partial charge in [-0.1, -0.05) is 97.1 Å². The molecule has 0 bridgehead atoms. The molecule has 6 aromatic carbocycles. The fourth-order valence-corrected chi connectivity index (χ4v) is 4.38. The van der Waals surface area contributed by atoms with E-state index in [9.17, 15) is 9.59 Å². The Hall–Kier alpha value is -3.73. The van der Waals surface area contributed by atoms with Crippen molar-refractivity contribution < 1.29 is 35.8 Å². The molecule has 0 unspecified atom stereocenters. The van der Waals surface area contributed by atoms with Gasteiger partial charge in [0, 0.05) is 0 Å². The van der Waals surface area contributed by atoms with Crippen molar-refractivity contribution >= 4 is 70.0 Å². The Balaban J connectivity index is 0.000000205. The van der Waals surface area contributed by atoms with E-state index in [1.165, 1.54) is 32.7 Å². The molecule has 0 atom stereocenters. The maximum atomic E-state index is 9.46. The normalized spacial score (nSPS) is 9.71. The van der Waals surface area contributed by atoms with Crippen molar-refractivity contribution in [3.05, 3.63) is 169 Å². The molecular weight excluding hydrogens is 698 g/mol. The van der Waals surface area contributed by atoms with Crippen molar-refractivity contribution in [3.63, 3.8) is 0 Å². The average molecular weight is 731 g/mol. The summed E-state index contributed by atoms with van der Waals surface area (Å²) in [5.41, 5.74) is 2.44. The first-order valence-corrected chi connectivity index (χ1v) is 16.5. The Morgan fingerprint density at radius 3 is 1.26 bits per heavy atom. The second kappa shape index (κ2) is 21.9. The smallest absolute Gasteiger partial charge is 0.168 e. The van der Waals surface area contributed by atoms with E-state index in [1.807, 2.05) is 36.4 Å². The van der Waals surface area contributed by atoms with Gasteiger partial charge in [0.25, 0.3) is 0 Å². The molecule has 0 saturated carbocycles. The molecule has 42 heavy (non-hydrogen) atoms. The maximum Gasteiger partial charge on any atom is 2.00 e. The molecule has 0 saturated heterocycles. The van der Waals surface area contributed by atoms with E-state index in [0.717, 1.165) is 0 Å². The minimum absolute atomic E-state index is 0. The molecule has 6 rings (SSSR count). The second-order valence-corrected chi connectivity index (χ2v) is 11.3. The standard InChI is InChI=1S/C16H14.2C9H7.2CH3NO.In.Zr/c1-3-9-15(10-4-1)13-7-8-14-16-11-5-2-6-12-16;2*1-2-5-9-7-3-6-8(9)4-1;2*2-1-3;;/h1-14H;2*1-7H;2*1H,(H2,2,3);;/q;2*-1;;;2*+2/p-2. The van der Waals surface area contributed by atoms with E-state index in [4.69, 9.17) is 0 Å². The summed E-state index contributed by atoms with van der Waals surface area (Å²) in [5.74, 6) is 0. The van der Waals surface area contributed by atoms with Gasteiger partial charge >= 0.3 is 78.7 Å². The van der Waals surface area contributed by atoms with Gasteiger partial charge in [-0.3, -0.25) is 0 Å². The first-order valence-electron chi connectivity index (χ1n) is 13.2. The van der Waals surface area contributed by atoms with E-state index in [-0.39, 0.29) is 26.2 Å². The molecule has 205 valence electrons. The van der Waals surface area contributed by atoms with E-state index in [1.54, 1.807) is 0 Å². The third-order valence-electron chi connectivity index (χ3n) is 5.69. The van der Waals surface area contributed by atoms with Crippen molar-refractivity contribution in [2.45, 2.75) is 0 Å². The molecule has 0 aromatic heterocycles. The minimum atomic E-state index is -1.20. The number of rotatable bonds is 7. The number of allylic oxidation sites excluding steroid dienone is 2. The zero-order valence-electron chi connectivity index (χ0n) is 23.2. The Bertz CT molecular complexity index is 1430. The Kier molecular flexibility index (Phi) is 18.0. The van der Waals surface area contributed by atoms with Crippen LogP contribution in [0.2, 0.25) is 0 Å². The number of hydrogen-bond acceptors (Lipinski definition) is 2. The number of amides is 2. The molecule has 6 aromatic rings. The van der Waals surface area contributed by atoms with E-state index in [2.05, 4.69) is 140 Å². The third-order valence-corrected chi connectivity index (χ3v) is 7.41. The molecule has 4 nitrogen and oxygen atoms in total. The van der Waals surface area contributed by atoms with Crippen LogP contribution in [0.4, 0.5) is 0 Å². The summed E-state index contributed by atoms with van der Waals surface area (Å²) in [7, 11) is 0. The van der Waals surface area contributed by atoms with Gasteiger partial charge < -0.3 is 0 Å². The van der Waals surface area contributed by atoms with Crippen LogP contribution in [0, 0.1) is 0 Å². The molecule has 0 aliphatic carbocycles. The Labute approximate surface area is 279 Å². The van der Waals surface area contributed by atoms with Crippen LogP contribution in [0.3, 0.4) is 0 Å². The van der Waals surface area contributed by atoms with Crippen molar-refractivity contribution in [1.82, 2.24) is 6.61 Å². The molecule has 0 aliphatic heterocycles. The van der Waals surface area contributed by atoms with Gasteiger partial charge in [0.05, 0.1) is 0 Å². The first kappa shape index (κ1) is 34.5. The van der Waals surface area contributed by atoms with Crippen molar-refractivity contribution in [3.8, 4) is 0 Å². The van der Waals surface area contributed by atoms with E-state index in [0.29, 0.717) is 12.8 Å². The predicted octanol–water partition coefficient (Wildman–Crippen LogP) is 7.54. The molecule has 0 heterocycles. The van der Waals surface area contributed by atoms with E-state index >= 15 is 0 Å². The molecule has 2 N–H and O–H groups in total. The van der Waals surface area contributed by atoms with Crippen LogP contribution in [0.1, 0.15) is 11.1 Å². The van der Waals surface area contributed by atoms with Gasteiger partial charge in [0.2, 0.25) is 0 Å². The first-order chi connectivity index (χ1) is 20.3. The molecular formula is C36H32InN2O2Zr. The second-order valence-electron chi connectivity index (χ2n) is 8.56. The molecule has 6 heteroatoms. The monoisotopic (exact) mass is 729 g/mol. The zero-order chi connectivity index (χ0) is 28.8. The summed E-state index contributed by atoms with van der Waals surface area (Å²) in [6.45, 7) is 0. The number of benzene rings is 4. The zero-order valence-corrected chi connectivity index (χ0v) is 29.0. The third kappa shape index (κ3) is 13.8. The number of fused-ring (bicyclic) bond motifs is 2. The summed E-state index contributed by atoms with van der Waals surface area (Å²) >= 11 is -1.20. The molecule has 0 aliphatic rings. The largest absolute Gasteiger partial charge is 2.00 e. The molecule has 0 fully saturated rings. The van der Waals surface area contributed by atoms with Gasteiger partial charge in [-0.25, -0.2) is 0 Å². The molecule has 1 radical (unpaired) electrons. The quantitative estimate of drug-likeness (QED) is 0.0773. The summed E-state index contributed by atoms with van der Waals surface area (Å²) < 4.78 is 4.83. The number of nitrogens with one attached hydrogen (secondary N) is 2. The summed E-state index contributed by atoms with van der Waals surface area (Å²) in [5, 5.41) is 5.32. The van der Waals surface area contributed by atoms with Crippen molar-refractivity contribution in [1.29, 1.82) is 0 Å². The van der Waals surface area contributed by atoms with Crippen LogP contribution in [-0.2, 0) is 35.8 Å². The van der Waals surface area contributed by atoms with Gasteiger partial charge in [0.1, 0.15) is 0 Å². The summed E-state index contributed by atoms with van der Waals surface area (Å²) in [4.78, 5) is 18.9. The maximum absolute atomic E-state index is 9.46. The molecule has 2 amide bonds. The van der Waals surface area contributed by atoms with Gasteiger partial charge in [-0.2, -0.15) is 35.0 Å². The SMILES string of the molecule is C(C=Cc1ccccc1)=Cc1ccccc1.O=C[NH][In][NH]C=O.[Zr+2].c1ccc2[cH-]ccc2c1.c1ccc2[cH-]ccc2c1. The van der Waals surface area contributed by atoms with Crippen molar-refractivity contribution in [2.24, 2.45) is 0 Å². The fourth-order valence-electron chi connectivity index (χ4n) is 3.72.